The van der Waals surface area contributed by atoms with Gasteiger partial charge in [-0.05, 0) is 107 Å². The van der Waals surface area contributed by atoms with E-state index in [0.717, 1.165) is 21.7 Å². The number of fused-ring (bicyclic) bond motifs is 1. The first-order valence-corrected chi connectivity index (χ1v) is 28.3. The van der Waals surface area contributed by atoms with Crippen molar-refractivity contribution in [2.24, 2.45) is 11.1 Å². The fourth-order valence-electron chi connectivity index (χ4n) is 10.2. The van der Waals surface area contributed by atoms with E-state index < -0.39 is 94.8 Å². The van der Waals surface area contributed by atoms with Crippen LogP contribution in [0.4, 0.5) is 9.18 Å². The van der Waals surface area contributed by atoms with Crippen LogP contribution in [0.25, 0.3) is 10.4 Å². The van der Waals surface area contributed by atoms with Gasteiger partial charge < -0.3 is 56.3 Å². The molecule has 3 aliphatic rings. The second-order valence-electron chi connectivity index (χ2n) is 23.3. The highest BCUT2D eigenvalue weighted by Gasteiger charge is 2.46. The van der Waals surface area contributed by atoms with Crippen LogP contribution in [-0.4, -0.2) is 140 Å². The third-order valence-electron chi connectivity index (χ3n) is 14.4. The molecule has 0 aliphatic carbocycles. The zero-order valence-corrected chi connectivity index (χ0v) is 48.6. The fraction of sp³-hybridized carbons (Fsp3) is 0.569. The molecule has 2 saturated heterocycles. The second-order valence-corrected chi connectivity index (χ2v) is 24.1. The Kier molecular flexibility index (Phi) is 21.0. The zero-order valence-electron chi connectivity index (χ0n) is 47.7. The molecule has 3 aliphatic heterocycles. The zero-order chi connectivity index (χ0) is 58.8. The summed E-state index contributed by atoms with van der Waals surface area (Å²) >= 11 is 1.55. The molecule has 436 valence electrons. The molecule has 2 fully saturated rings. The van der Waals surface area contributed by atoms with Crippen LogP contribution in [0.15, 0.2) is 53.7 Å². The van der Waals surface area contributed by atoms with Crippen LogP contribution in [0.2, 0.25) is 0 Å². The van der Waals surface area contributed by atoms with Crippen molar-refractivity contribution in [1.29, 1.82) is 0 Å². The number of nitrogens with zero attached hydrogens (tertiary/aromatic N) is 4. The third-order valence-corrected chi connectivity index (χ3v) is 15.4. The van der Waals surface area contributed by atoms with Gasteiger partial charge in [-0.15, -0.1) is 11.3 Å². The Morgan fingerprint density at radius 3 is 2.26 bits per heavy atom. The van der Waals surface area contributed by atoms with Crippen molar-refractivity contribution in [2.75, 3.05) is 26.2 Å². The van der Waals surface area contributed by atoms with Gasteiger partial charge in [0.25, 0.3) is 5.91 Å². The lowest BCUT2D eigenvalue weighted by Gasteiger charge is -2.37. The molecular weight excluding hydrogens is 1050 g/mol. The summed E-state index contributed by atoms with van der Waals surface area (Å²) in [5.74, 6) is -4.03. The molecule has 7 N–H and O–H groups in total. The van der Waals surface area contributed by atoms with Crippen LogP contribution < -0.4 is 31.7 Å². The maximum absolute atomic E-state index is 16.2. The van der Waals surface area contributed by atoms with Crippen molar-refractivity contribution in [1.82, 2.24) is 41.0 Å². The number of hydrogen-bond donors (Lipinski definition) is 6. The highest BCUT2D eigenvalue weighted by atomic mass is 32.1. The first kappa shape index (κ1) is 62.3. The Labute approximate surface area is 472 Å². The smallest absolute Gasteiger partial charge is 0.408 e. The van der Waals surface area contributed by atoms with E-state index in [1.165, 1.54) is 27.7 Å². The molecule has 6 rings (SSSR count). The molecule has 0 radical (unpaired) electrons. The number of β-amino-alcohol motifs (C(OH)–C–C–N with tert-alkyl or cyclic N) is 1. The van der Waals surface area contributed by atoms with Gasteiger partial charge in [0.1, 0.15) is 36.4 Å². The number of thiazole rings is 1. The van der Waals surface area contributed by atoms with E-state index in [1.807, 2.05) is 58.9 Å². The molecule has 0 unspecified atom stereocenters. The first-order chi connectivity index (χ1) is 37.6. The Hall–Kier alpha value is -6.94. The minimum absolute atomic E-state index is 0.0426. The maximum Gasteiger partial charge on any atom is 0.408 e. The number of aromatic nitrogens is 1. The van der Waals surface area contributed by atoms with E-state index in [1.54, 1.807) is 56.7 Å². The Balaban J connectivity index is 1.01. The molecule has 2 aromatic carbocycles. The lowest BCUT2D eigenvalue weighted by Crippen LogP contribution is -2.59. The molecule has 4 heterocycles. The highest BCUT2D eigenvalue weighted by molar-refractivity contribution is 7.13. The quantitative estimate of drug-likeness (QED) is 0.0692. The number of unbranched alkanes of at least 4 members (excludes halogenated alkanes) is 2. The summed E-state index contributed by atoms with van der Waals surface area (Å²) in [6.07, 6.45) is 2.20. The summed E-state index contributed by atoms with van der Waals surface area (Å²) in [4.78, 5) is 117. The topological polar surface area (TPSA) is 272 Å². The van der Waals surface area contributed by atoms with Gasteiger partial charge in [-0.1, -0.05) is 63.6 Å². The van der Waals surface area contributed by atoms with Crippen LogP contribution in [0.3, 0.4) is 0 Å². The fourth-order valence-corrected chi connectivity index (χ4v) is 11.0. The lowest BCUT2D eigenvalue weighted by atomic mass is 9.85. The second kappa shape index (κ2) is 27.0. The third kappa shape index (κ3) is 16.8. The monoisotopic (exact) mass is 1130 g/mol. The Bertz CT molecular complexity index is 2790. The number of nitrogens with one attached hydrogen (secondary N) is 4. The minimum Gasteiger partial charge on any atom is -0.488 e. The van der Waals surface area contributed by atoms with Crippen LogP contribution in [-0.2, 0) is 44.7 Å². The molecule has 0 bridgehead atoms. The number of hydrogen-bond acceptors (Lipinski definition) is 13. The number of nitrogens with two attached hydrogens (primary N) is 1. The van der Waals surface area contributed by atoms with E-state index in [4.69, 9.17) is 15.2 Å². The van der Waals surface area contributed by atoms with Gasteiger partial charge in [0, 0.05) is 51.4 Å². The number of likely N-dealkylation sites (tertiary alicyclic amines) is 1. The van der Waals surface area contributed by atoms with Gasteiger partial charge in [-0.2, -0.15) is 0 Å². The number of rotatable bonds is 21. The Morgan fingerprint density at radius 1 is 0.925 bits per heavy atom. The molecule has 22 heteroatoms. The van der Waals surface area contributed by atoms with E-state index in [0.29, 0.717) is 42.5 Å². The number of carbonyl (C=O) groups is 8. The molecule has 0 saturated carbocycles. The summed E-state index contributed by atoms with van der Waals surface area (Å²) in [5, 5.41) is 22.1. The number of alkyl carbamates (subject to hydrolysis) is 1. The number of benzene rings is 2. The SMILES string of the molecule is CC(=O)N1CCC2=CC[C@@H](C(=O)N[C@@H](CCC(N)=O)COc3cc(C)cc(CCCCCC(=O)N[C@H](C(=O)N4C[C@H](O)C[C@H]4C(=O)N[C@@H](C)c4ccc(-c5scnc5C)cc4)C(C)(C)C)c3F)N2C(=O)[C@@H](NC(=O)OC(C)(C)C)C1. The van der Waals surface area contributed by atoms with E-state index in [2.05, 4.69) is 26.3 Å². The molecule has 8 amide bonds. The van der Waals surface area contributed by atoms with Gasteiger partial charge in [-0.25, -0.2) is 14.2 Å². The van der Waals surface area contributed by atoms with Gasteiger partial charge >= 0.3 is 6.09 Å². The number of carbonyl (C=O) groups excluding carboxylic acids is 8. The number of amides is 8. The summed E-state index contributed by atoms with van der Waals surface area (Å²) in [5.41, 5.74) is 10.1. The predicted molar refractivity (Wildman–Crippen MR) is 299 cm³/mol. The van der Waals surface area contributed by atoms with Crippen LogP contribution in [0.5, 0.6) is 5.75 Å². The number of ether oxygens (including phenoxy) is 2. The predicted octanol–water partition coefficient (Wildman–Crippen LogP) is 5.80. The lowest BCUT2D eigenvalue weighted by molar-refractivity contribution is -0.144. The molecule has 7 atom stereocenters. The standard InChI is InChI=1S/C58H80FN9O11S/c1-33-26-39(14-12-11-13-15-48(72)65-51(57(5,6)7)55(76)67-29-42(70)28-45(67)53(74)62-34(2)37-16-18-38(19-17-37)50-35(3)61-32-80-50)49(59)46(27-33)78-31-40(20-23-47(60)71)63-52(73)44-22-21-41-24-25-66(36(4)69)30-43(54(75)68(41)44)64-56(77)79-58(8,9)10/h16-19,21,26-27,32,34,40,42-45,51,70H,11-15,20,22-25,28-31H2,1-10H3,(H2,60,71)(H,62,74)(H,63,73)(H,64,77)(H,65,72)/t34-,40-,42+,43-,44-,45-,51+/m0/s1. The van der Waals surface area contributed by atoms with Gasteiger partial charge in [0.05, 0.1) is 40.8 Å². The van der Waals surface area contributed by atoms with Crippen LogP contribution in [0.1, 0.15) is 142 Å². The van der Waals surface area contributed by atoms with Gasteiger partial charge in [-0.3, -0.25) is 33.6 Å². The number of aliphatic hydroxyl groups excluding tert-OH is 1. The highest BCUT2D eigenvalue weighted by Crippen LogP contribution is 2.32. The molecule has 20 nitrogen and oxygen atoms in total. The Morgan fingerprint density at radius 2 is 1.62 bits per heavy atom. The molecule has 80 heavy (non-hydrogen) atoms. The summed E-state index contributed by atoms with van der Waals surface area (Å²) < 4.78 is 27.6. The van der Waals surface area contributed by atoms with E-state index in [-0.39, 0.29) is 82.3 Å². The van der Waals surface area contributed by atoms with Gasteiger partial charge in [0.2, 0.25) is 35.4 Å². The largest absolute Gasteiger partial charge is 0.488 e. The van der Waals surface area contributed by atoms with Crippen molar-refractivity contribution in [3.63, 3.8) is 0 Å². The molecule has 0 spiro atoms. The average Bonchev–Trinajstić information content (AvgIpc) is 4.12. The average molecular weight is 1130 g/mol. The first-order valence-electron chi connectivity index (χ1n) is 27.5. The van der Waals surface area contributed by atoms with Crippen molar-refractivity contribution < 1.29 is 57.3 Å². The van der Waals surface area contributed by atoms with Crippen LogP contribution in [0, 0.1) is 25.1 Å². The van der Waals surface area contributed by atoms with E-state index in [9.17, 15) is 43.5 Å². The van der Waals surface area contributed by atoms with E-state index >= 15 is 4.39 Å². The molecular formula is C58H80FN9O11S. The van der Waals surface area contributed by atoms with Crippen molar-refractivity contribution >= 4 is 58.8 Å². The van der Waals surface area contributed by atoms with Gasteiger partial charge in [0.15, 0.2) is 11.6 Å². The summed E-state index contributed by atoms with van der Waals surface area (Å²) in [7, 11) is 0. The van der Waals surface area contributed by atoms with Crippen molar-refractivity contribution in [2.45, 2.75) is 181 Å². The van der Waals surface area contributed by atoms with Crippen molar-refractivity contribution in [3.8, 4) is 16.2 Å². The number of aliphatic hydroxyl groups is 1. The number of primary amides is 1. The number of aryl methyl sites for hydroxylation is 3. The maximum atomic E-state index is 16.2. The molecule has 1 aromatic heterocycles. The van der Waals surface area contributed by atoms with Crippen LogP contribution >= 0.6 is 11.3 Å². The minimum atomic E-state index is -1.24. The normalized spacial score (nSPS) is 19.6. The number of halogens is 1. The summed E-state index contributed by atoms with van der Waals surface area (Å²) in [6.45, 7) is 17.2. The van der Waals surface area contributed by atoms with Crippen molar-refractivity contribution in [3.05, 3.63) is 81.9 Å². The molecule has 3 aromatic rings. The summed E-state index contributed by atoms with van der Waals surface area (Å²) in [6, 6.07) is 5.63.